The lowest BCUT2D eigenvalue weighted by atomic mass is 9.96. The molecule has 0 aliphatic carbocycles. The maximum atomic E-state index is 6.04. The van der Waals surface area contributed by atoms with Gasteiger partial charge in [0.2, 0.25) is 0 Å². The highest BCUT2D eigenvalue weighted by Gasteiger charge is 2.22. The lowest BCUT2D eigenvalue weighted by Crippen LogP contribution is -2.17. The molecule has 2 N–H and O–H groups in total. The largest absolute Gasteiger partial charge is 0.385 e. The van der Waals surface area contributed by atoms with Gasteiger partial charge in [-0.25, -0.2) is 4.98 Å². The fraction of sp³-hybridized carbons (Fsp3) is 0.818. The van der Waals surface area contributed by atoms with E-state index >= 15 is 0 Å². The van der Waals surface area contributed by atoms with Gasteiger partial charge in [-0.2, -0.15) is 5.10 Å². The van der Waals surface area contributed by atoms with E-state index in [1.165, 1.54) is 0 Å². The van der Waals surface area contributed by atoms with Crippen LogP contribution < -0.4 is 5.73 Å². The van der Waals surface area contributed by atoms with Crippen molar-refractivity contribution in [2.75, 3.05) is 13.7 Å². The molecule has 0 fully saturated rings. The molecule has 0 spiro atoms. The number of methoxy groups -OCH3 is 1. The Hall–Kier alpha value is -0.940. The van der Waals surface area contributed by atoms with Crippen molar-refractivity contribution in [3.8, 4) is 0 Å². The predicted molar refractivity (Wildman–Crippen MR) is 63.1 cm³/mol. The minimum atomic E-state index is -0.117. The van der Waals surface area contributed by atoms with E-state index in [1.54, 1.807) is 11.8 Å². The lowest BCUT2D eigenvalue weighted by Gasteiger charge is -2.12. The van der Waals surface area contributed by atoms with Crippen molar-refractivity contribution in [2.24, 2.45) is 12.8 Å². The van der Waals surface area contributed by atoms with Crippen molar-refractivity contribution in [1.29, 1.82) is 0 Å². The van der Waals surface area contributed by atoms with Crippen molar-refractivity contribution in [3.63, 3.8) is 0 Å². The predicted octanol–water partition coefficient (Wildman–Crippen LogP) is 1.15. The van der Waals surface area contributed by atoms with E-state index in [4.69, 9.17) is 10.5 Å². The number of nitrogens with two attached hydrogens (primary N) is 1. The molecular formula is C11H22N4O. The number of hydrogen-bond donors (Lipinski definition) is 1. The van der Waals surface area contributed by atoms with Crippen LogP contribution in [0.25, 0.3) is 0 Å². The molecule has 1 rings (SSSR count). The Labute approximate surface area is 97.0 Å². The molecule has 5 heteroatoms. The van der Waals surface area contributed by atoms with Crippen molar-refractivity contribution >= 4 is 0 Å². The summed E-state index contributed by atoms with van der Waals surface area (Å²) in [6.07, 6.45) is 0.757. The first-order valence-electron chi connectivity index (χ1n) is 5.52. The standard InChI is InChI=1S/C11H22N4O/c1-11(2,3)10-13-9(15(4)14-10)8(12)6-7-16-5/h8H,6-7,12H2,1-5H3. The molecule has 0 aliphatic rings. The maximum Gasteiger partial charge on any atom is 0.156 e. The van der Waals surface area contributed by atoms with Gasteiger partial charge in [0, 0.05) is 26.2 Å². The number of nitrogens with zero attached hydrogens (tertiary/aromatic N) is 3. The lowest BCUT2D eigenvalue weighted by molar-refractivity contribution is 0.186. The molecule has 1 aromatic rings. The van der Waals surface area contributed by atoms with E-state index in [2.05, 4.69) is 30.9 Å². The van der Waals surface area contributed by atoms with Crippen LogP contribution in [-0.4, -0.2) is 28.5 Å². The second-order valence-electron chi connectivity index (χ2n) is 5.06. The van der Waals surface area contributed by atoms with E-state index in [9.17, 15) is 0 Å². The summed E-state index contributed by atoms with van der Waals surface area (Å²) in [6, 6.07) is -0.117. The van der Waals surface area contributed by atoms with E-state index in [-0.39, 0.29) is 11.5 Å². The molecule has 0 saturated heterocycles. The van der Waals surface area contributed by atoms with Crippen LogP contribution in [0.3, 0.4) is 0 Å². The Balaban J connectivity index is 2.85. The second kappa shape index (κ2) is 4.93. The average molecular weight is 226 g/mol. The smallest absolute Gasteiger partial charge is 0.156 e. The molecule has 0 saturated carbocycles. The van der Waals surface area contributed by atoms with Crippen LogP contribution in [0.1, 0.15) is 44.9 Å². The summed E-state index contributed by atoms with van der Waals surface area (Å²) in [7, 11) is 3.55. The summed E-state index contributed by atoms with van der Waals surface area (Å²) in [4.78, 5) is 4.51. The fourth-order valence-corrected chi connectivity index (χ4v) is 1.41. The topological polar surface area (TPSA) is 66.0 Å². The Morgan fingerprint density at radius 2 is 2.06 bits per heavy atom. The van der Waals surface area contributed by atoms with Crippen LogP contribution in [0.2, 0.25) is 0 Å². The van der Waals surface area contributed by atoms with Gasteiger partial charge in [0.1, 0.15) is 5.82 Å². The number of aryl methyl sites for hydroxylation is 1. The average Bonchev–Trinajstić information content (AvgIpc) is 2.56. The van der Waals surface area contributed by atoms with E-state index in [0.717, 1.165) is 18.1 Å². The van der Waals surface area contributed by atoms with Gasteiger partial charge in [-0.15, -0.1) is 0 Å². The summed E-state index contributed by atoms with van der Waals surface area (Å²) < 4.78 is 6.78. The van der Waals surface area contributed by atoms with Crippen molar-refractivity contribution in [3.05, 3.63) is 11.6 Å². The number of rotatable bonds is 4. The Morgan fingerprint density at radius 3 is 2.50 bits per heavy atom. The molecule has 5 nitrogen and oxygen atoms in total. The molecule has 16 heavy (non-hydrogen) atoms. The maximum absolute atomic E-state index is 6.04. The quantitative estimate of drug-likeness (QED) is 0.836. The van der Waals surface area contributed by atoms with Gasteiger partial charge in [0.05, 0.1) is 6.04 Å². The Morgan fingerprint density at radius 1 is 1.44 bits per heavy atom. The molecule has 1 atom stereocenters. The molecule has 1 aromatic heterocycles. The summed E-state index contributed by atoms with van der Waals surface area (Å²) in [5.74, 6) is 1.65. The first-order chi connectivity index (χ1) is 7.36. The molecule has 0 amide bonds. The Kier molecular flexibility index (Phi) is 4.04. The first kappa shape index (κ1) is 13.1. The SMILES string of the molecule is COCCC(N)c1nc(C(C)(C)C)nn1C. The van der Waals surface area contributed by atoms with Crippen molar-refractivity contribution in [2.45, 2.75) is 38.6 Å². The van der Waals surface area contributed by atoms with Crippen LogP contribution in [0.5, 0.6) is 0 Å². The molecule has 1 unspecified atom stereocenters. The van der Waals surface area contributed by atoms with Crippen molar-refractivity contribution in [1.82, 2.24) is 14.8 Å². The summed E-state index contributed by atoms with van der Waals surface area (Å²) in [5.41, 5.74) is 5.99. The van der Waals surface area contributed by atoms with Gasteiger partial charge < -0.3 is 10.5 Å². The van der Waals surface area contributed by atoms with Crippen LogP contribution in [0.15, 0.2) is 0 Å². The minimum Gasteiger partial charge on any atom is -0.385 e. The third-order valence-corrected chi connectivity index (χ3v) is 2.43. The monoisotopic (exact) mass is 226 g/mol. The Bertz CT molecular complexity index is 340. The minimum absolute atomic E-state index is 0.0447. The summed E-state index contributed by atoms with van der Waals surface area (Å²) in [6.45, 7) is 6.91. The van der Waals surface area contributed by atoms with E-state index in [1.807, 2.05) is 7.05 Å². The highest BCUT2D eigenvalue weighted by atomic mass is 16.5. The van der Waals surface area contributed by atoms with Crippen LogP contribution in [-0.2, 0) is 17.2 Å². The van der Waals surface area contributed by atoms with Crippen LogP contribution in [0, 0.1) is 0 Å². The zero-order valence-corrected chi connectivity index (χ0v) is 10.8. The number of hydrogen-bond acceptors (Lipinski definition) is 4. The number of ether oxygens (including phenoxy) is 1. The zero-order valence-electron chi connectivity index (χ0n) is 10.8. The van der Waals surface area contributed by atoms with Gasteiger partial charge in [-0.3, -0.25) is 4.68 Å². The summed E-state index contributed by atoms with van der Waals surface area (Å²) >= 11 is 0. The van der Waals surface area contributed by atoms with Gasteiger partial charge in [-0.1, -0.05) is 20.8 Å². The van der Waals surface area contributed by atoms with Crippen molar-refractivity contribution < 1.29 is 4.74 Å². The fourth-order valence-electron chi connectivity index (χ4n) is 1.41. The van der Waals surface area contributed by atoms with Gasteiger partial charge >= 0.3 is 0 Å². The molecule has 0 radical (unpaired) electrons. The van der Waals surface area contributed by atoms with E-state index in [0.29, 0.717) is 6.61 Å². The van der Waals surface area contributed by atoms with Crippen LogP contribution in [0.4, 0.5) is 0 Å². The highest BCUT2D eigenvalue weighted by molar-refractivity contribution is 5.05. The third-order valence-electron chi connectivity index (χ3n) is 2.43. The van der Waals surface area contributed by atoms with Gasteiger partial charge in [0.15, 0.2) is 5.82 Å². The third kappa shape index (κ3) is 3.02. The molecule has 0 aromatic carbocycles. The van der Waals surface area contributed by atoms with Crippen LogP contribution >= 0.6 is 0 Å². The molecule has 92 valence electrons. The van der Waals surface area contributed by atoms with Gasteiger partial charge in [-0.05, 0) is 6.42 Å². The molecular weight excluding hydrogens is 204 g/mol. The molecule has 0 aliphatic heterocycles. The van der Waals surface area contributed by atoms with Gasteiger partial charge in [0.25, 0.3) is 0 Å². The second-order valence-corrected chi connectivity index (χ2v) is 5.06. The first-order valence-corrected chi connectivity index (χ1v) is 5.52. The molecule has 0 bridgehead atoms. The molecule has 1 heterocycles. The number of aromatic nitrogens is 3. The van der Waals surface area contributed by atoms with E-state index < -0.39 is 0 Å². The zero-order chi connectivity index (χ0) is 12.3. The summed E-state index contributed by atoms with van der Waals surface area (Å²) in [5, 5.41) is 4.40. The normalized spacial score (nSPS) is 14.1. The highest BCUT2D eigenvalue weighted by Crippen LogP contribution is 2.20.